The fraction of sp³-hybridized carbons (Fsp3) is 0.0417. The highest BCUT2D eigenvalue weighted by atomic mass is 127. The second-order valence-electron chi connectivity index (χ2n) is 7.17. The van der Waals surface area contributed by atoms with Crippen LogP contribution < -0.4 is 15.0 Å². The van der Waals surface area contributed by atoms with Crippen LogP contribution in [-0.2, 0) is 16.2 Å². The molecule has 0 atom stereocenters. The maximum atomic E-state index is 13.4. The van der Waals surface area contributed by atoms with E-state index >= 15 is 0 Å². The first-order chi connectivity index (χ1) is 16.2. The molecule has 1 saturated heterocycles. The van der Waals surface area contributed by atoms with E-state index in [1.54, 1.807) is 24.3 Å². The molecule has 3 aromatic carbocycles. The molecule has 4 amide bonds. The first-order valence-corrected chi connectivity index (χ1v) is 11.6. The lowest BCUT2D eigenvalue weighted by Gasteiger charge is -2.26. The van der Waals surface area contributed by atoms with Gasteiger partial charge in [-0.1, -0.05) is 12.1 Å². The number of barbiturate groups is 1. The summed E-state index contributed by atoms with van der Waals surface area (Å²) in [6.07, 6.45) is 1.35. The summed E-state index contributed by atoms with van der Waals surface area (Å²) in [5, 5.41) is 2.12. The topological polar surface area (TPSA) is 75.7 Å². The molecule has 1 heterocycles. The molecular weight excluding hydrogens is 625 g/mol. The Bertz CT molecular complexity index is 1320. The van der Waals surface area contributed by atoms with Crippen LogP contribution in [-0.4, -0.2) is 17.8 Å². The van der Waals surface area contributed by atoms with E-state index in [1.165, 1.54) is 30.3 Å². The summed E-state index contributed by atoms with van der Waals surface area (Å²) in [7, 11) is 0. The van der Waals surface area contributed by atoms with Gasteiger partial charge in [-0.2, -0.15) is 0 Å². The van der Waals surface area contributed by atoms with Crippen molar-refractivity contribution in [3.8, 4) is 5.75 Å². The second-order valence-corrected chi connectivity index (χ2v) is 9.18. The van der Waals surface area contributed by atoms with Gasteiger partial charge in [0.2, 0.25) is 0 Å². The molecule has 0 spiro atoms. The number of urea groups is 1. The molecule has 172 valence electrons. The number of hydrogen-bond acceptors (Lipinski definition) is 4. The molecule has 34 heavy (non-hydrogen) atoms. The standard InChI is InChI=1S/C24H14BrF2IN2O4/c25-19-10-14(11-20(28)21(19)34-12-13-2-1-3-16(27)8-13)9-18-22(31)29-24(33)30(23(18)32)17-6-4-15(26)5-7-17/h1-11H,12H2,(H,29,31,33)/b18-9+. The quantitative estimate of drug-likeness (QED) is 0.225. The van der Waals surface area contributed by atoms with Gasteiger partial charge in [0.05, 0.1) is 13.7 Å². The zero-order chi connectivity index (χ0) is 24.4. The molecular formula is C24H14BrF2IN2O4. The van der Waals surface area contributed by atoms with Crippen LogP contribution in [0.25, 0.3) is 6.08 Å². The van der Waals surface area contributed by atoms with Gasteiger partial charge in [-0.25, -0.2) is 18.5 Å². The SMILES string of the molecule is O=C1NC(=O)N(c2ccc(F)cc2)C(=O)/C1=C/c1cc(Br)c(OCc2cccc(F)c2)c(I)c1. The molecule has 0 unspecified atom stereocenters. The Hall–Kier alpha value is -3.12. The lowest BCUT2D eigenvalue weighted by molar-refractivity contribution is -0.122. The smallest absolute Gasteiger partial charge is 0.335 e. The van der Waals surface area contributed by atoms with Crippen LogP contribution in [0.15, 0.2) is 70.7 Å². The maximum absolute atomic E-state index is 13.4. The van der Waals surface area contributed by atoms with Crippen molar-refractivity contribution in [2.75, 3.05) is 4.90 Å². The molecule has 0 aliphatic carbocycles. The summed E-state index contributed by atoms with van der Waals surface area (Å²) in [5.41, 5.74) is 1.02. The van der Waals surface area contributed by atoms with E-state index in [1.807, 2.05) is 22.6 Å². The van der Waals surface area contributed by atoms with E-state index in [0.717, 1.165) is 17.0 Å². The van der Waals surface area contributed by atoms with Gasteiger partial charge >= 0.3 is 6.03 Å². The van der Waals surface area contributed by atoms with Gasteiger partial charge in [-0.15, -0.1) is 0 Å². The lowest BCUT2D eigenvalue weighted by atomic mass is 10.1. The molecule has 0 bridgehead atoms. The number of hydrogen-bond donors (Lipinski definition) is 1. The highest BCUT2D eigenvalue weighted by Crippen LogP contribution is 2.34. The number of nitrogens with zero attached hydrogens (tertiary/aromatic N) is 1. The Kier molecular flexibility index (Phi) is 7.08. The van der Waals surface area contributed by atoms with E-state index in [0.29, 0.717) is 24.9 Å². The summed E-state index contributed by atoms with van der Waals surface area (Å²) < 4.78 is 33.7. The molecule has 1 aliphatic rings. The van der Waals surface area contributed by atoms with Crippen molar-refractivity contribution in [1.29, 1.82) is 0 Å². The number of carbonyl (C=O) groups is 3. The number of anilines is 1. The van der Waals surface area contributed by atoms with Gasteiger partial charge in [-0.3, -0.25) is 14.9 Å². The minimum absolute atomic E-state index is 0.124. The fourth-order valence-corrected chi connectivity index (χ4v) is 5.00. The maximum Gasteiger partial charge on any atom is 0.335 e. The Morgan fingerprint density at radius 2 is 1.74 bits per heavy atom. The van der Waals surface area contributed by atoms with Crippen molar-refractivity contribution >= 4 is 68.1 Å². The minimum Gasteiger partial charge on any atom is -0.487 e. The molecule has 1 aliphatic heterocycles. The van der Waals surface area contributed by atoms with E-state index in [4.69, 9.17) is 4.74 Å². The van der Waals surface area contributed by atoms with Crippen LogP contribution in [0.5, 0.6) is 5.75 Å². The first-order valence-electron chi connectivity index (χ1n) is 9.76. The molecule has 6 nitrogen and oxygen atoms in total. The van der Waals surface area contributed by atoms with E-state index < -0.39 is 23.7 Å². The number of imide groups is 2. The Balaban J connectivity index is 1.60. The van der Waals surface area contributed by atoms with Crippen molar-refractivity contribution in [1.82, 2.24) is 5.32 Å². The summed E-state index contributed by atoms with van der Waals surface area (Å²) in [5.74, 6) is -2.06. The zero-order valence-electron chi connectivity index (χ0n) is 17.2. The Morgan fingerprint density at radius 1 is 1.00 bits per heavy atom. The van der Waals surface area contributed by atoms with Crippen LogP contribution in [0.4, 0.5) is 19.3 Å². The van der Waals surface area contributed by atoms with E-state index in [-0.39, 0.29) is 23.7 Å². The number of nitrogens with one attached hydrogen (secondary N) is 1. The molecule has 0 saturated carbocycles. The Morgan fingerprint density at radius 3 is 2.41 bits per heavy atom. The molecule has 10 heteroatoms. The van der Waals surface area contributed by atoms with Crippen molar-refractivity contribution in [3.63, 3.8) is 0 Å². The molecule has 0 aromatic heterocycles. The molecule has 1 N–H and O–H groups in total. The first kappa shape index (κ1) is 24.0. The number of benzene rings is 3. The third-order valence-corrected chi connectivity index (χ3v) is 6.18. The highest BCUT2D eigenvalue weighted by Gasteiger charge is 2.36. The fourth-order valence-electron chi connectivity index (χ4n) is 3.23. The molecule has 3 aromatic rings. The van der Waals surface area contributed by atoms with Crippen LogP contribution >= 0.6 is 38.5 Å². The van der Waals surface area contributed by atoms with Crippen molar-refractivity contribution in [3.05, 3.63) is 97.0 Å². The van der Waals surface area contributed by atoms with Gasteiger partial charge in [-0.05, 0) is 104 Å². The van der Waals surface area contributed by atoms with Crippen molar-refractivity contribution in [2.24, 2.45) is 0 Å². The average molecular weight is 639 g/mol. The van der Waals surface area contributed by atoms with Crippen molar-refractivity contribution in [2.45, 2.75) is 6.61 Å². The van der Waals surface area contributed by atoms with E-state index in [2.05, 4.69) is 21.2 Å². The van der Waals surface area contributed by atoms with Gasteiger partial charge in [0.25, 0.3) is 11.8 Å². The largest absolute Gasteiger partial charge is 0.487 e. The van der Waals surface area contributed by atoms with Crippen LogP contribution in [0.3, 0.4) is 0 Å². The molecule has 1 fully saturated rings. The monoisotopic (exact) mass is 638 g/mol. The van der Waals surface area contributed by atoms with Gasteiger partial charge in [0.1, 0.15) is 29.6 Å². The minimum atomic E-state index is -0.921. The normalized spacial score (nSPS) is 15.0. The number of carbonyl (C=O) groups excluding carboxylic acids is 3. The second kappa shape index (κ2) is 10.0. The van der Waals surface area contributed by atoms with Gasteiger partial charge in [0, 0.05) is 0 Å². The van der Waals surface area contributed by atoms with E-state index in [9.17, 15) is 23.2 Å². The zero-order valence-corrected chi connectivity index (χ0v) is 20.9. The summed E-state index contributed by atoms with van der Waals surface area (Å²) >= 11 is 5.47. The third-order valence-electron chi connectivity index (χ3n) is 4.79. The number of amides is 4. The Labute approximate surface area is 214 Å². The van der Waals surface area contributed by atoms with Crippen LogP contribution in [0.2, 0.25) is 0 Å². The predicted molar refractivity (Wildman–Crippen MR) is 133 cm³/mol. The number of ether oxygens (including phenoxy) is 1. The molecule has 4 rings (SSSR count). The van der Waals surface area contributed by atoms with Crippen LogP contribution in [0.1, 0.15) is 11.1 Å². The number of rotatable bonds is 5. The number of halogens is 4. The lowest BCUT2D eigenvalue weighted by Crippen LogP contribution is -2.54. The summed E-state index contributed by atoms with van der Waals surface area (Å²) in [6.45, 7) is 0.141. The summed E-state index contributed by atoms with van der Waals surface area (Å²) in [4.78, 5) is 38.4. The van der Waals surface area contributed by atoms with Crippen LogP contribution in [0, 0.1) is 15.2 Å². The predicted octanol–water partition coefficient (Wildman–Crippen LogP) is 5.58. The average Bonchev–Trinajstić information content (AvgIpc) is 2.77. The van der Waals surface area contributed by atoms with Crippen molar-refractivity contribution < 1.29 is 27.9 Å². The van der Waals surface area contributed by atoms with Gasteiger partial charge < -0.3 is 4.74 Å². The van der Waals surface area contributed by atoms with Gasteiger partial charge in [0.15, 0.2) is 0 Å². The third kappa shape index (κ3) is 5.17. The molecule has 0 radical (unpaired) electrons. The summed E-state index contributed by atoms with van der Waals surface area (Å²) in [6, 6.07) is 13.2. The highest BCUT2D eigenvalue weighted by molar-refractivity contribution is 14.1.